The van der Waals surface area contributed by atoms with Crippen LogP contribution in [0.25, 0.3) is 11.2 Å². The first kappa shape index (κ1) is 21.2. The van der Waals surface area contributed by atoms with E-state index in [1.807, 2.05) is 0 Å². The molecule has 0 aliphatic heterocycles. The third-order valence-electron chi connectivity index (χ3n) is 4.72. The lowest BCUT2D eigenvalue weighted by Gasteiger charge is -2.16. The van der Waals surface area contributed by atoms with Crippen LogP contribution in [-0.2, 0) is 31.7 Å². The average Bonchev–Trinajstić information content (AvgIpc) is 3.06. The second-order valence-corrected chi connectivity index (χ2v) is 13.8. The summed E-state index contributed by atoms with van der Waals surface area (Å²) >= 11 is 0. The number of nitrogens with zero attached hydrogens (tertiary/aromatic N) is 5. The number of rotatable bonds is 8. The maximum Gasteiger partial charge on any atom is 0.332 e. The topological polar surface area (TPSA) is 104 Å². The van der Waals surface area contributed by atoms with Crippen LogP contribution in [0.2, 0.25) is 25.7 Å². The number of aryl methyl sites for hydroxylation is 1. The smallest absolute Gasteiger partial charge is 0.332 e. The largest absolute Gasteiger partial charge is 0.388 e. The zero-order chi connectivity index (χ0) is 21.2. The fourth-order valence-electron chi connectivity index (χ4n) is 3.00. The fraction of sp³-hybridized carbons (Fsp3) is 0.474. The Morgan fingerprint density at radius 1 is 1.17 bits per heavy atom. The van der Waals surface area contributed by atoms with E-state index in [1.165, 1.54) is 4.57 Å². The number of ether oxygens (including phenoxy) is 1. The highest BCUT2D eigenvalue weighted by Crippen LogP contribution is 2.13. The number of aliphatic hydroxyl groups excluding tert-OH is 1. The Morgan fingerprint density at radius 3 is 2.55 bits per heavy atom. The van der Waals surface area contributed by atoms with Gasteiger partial charge >= 0.3 is 5.69 Å². The summed E-state index contributed by atoms with van der Waals surface area (Å²) in [5, 5.41) is 9.72. The van der Waals surface area contributed by atoms with Crippen LogP contribution in [-0.4, -0.2) is 43.5 Å². The monoisotopic (exact) mass is 417 g/mol. The van der Waals surface area contributed by atoms with Gasteiger partial charge in [-0.05, 0) is 18.2 Å². The minimum absolute atomic E-state index is 0.0540. The van der Waals surface area contributed by atoms with Crippen molar-refractivity contribution < 1.29 is 9.84 Å². The van der Waals surface area contributed by atoms with Crippen molar-refractivity contribution in [1.29, 1.82) is 0 Å². The van der Waals surface area contributed by atoms with E-state index in [0.29, 0.717) is 12.3 Å². The molecule has 9 nitrogen and oxygen atoms in total. The molecule has 0 saturated carbocycles. The van der Waals surface area contributed by atoms with Gasteiger partial charge in [0.2, 0.25) is 0 Å². The molecule has 3 aromatic rings. The number of hydrogen-bond donors (Lipinski definition) is 1. The molecule has 29 heavy (non-hydrogen) atoms. The van der Waals surface area contributed by atoms with Gasteiger partial charge < -0.3 is 9.84 Å². The van der Waals surface area contributed by atoms with E-state index in [4.69, 9.17) is 4.74 Å². The van der Waals surface area contributed by atoms with Gasteiger partial charge in [-0.1, -0.05) is 25.7 Å². The Hall–Kier alpha value is -2.56. The van der Waals surface area contributed by atoms with E-state index >= 15 is 0 Å². The van der Waals surface area contributed by atoms with Crippen molar-refractivity contribution >= 4 is 19.2 Å². The molecule has 0 atom stereocenters. The number of aromatic nitrogens is 5. The lowest BCUT2D eigenvalue weighted by molar-refractivity contribution is 0.0843. The molecule has 0 aliphatic carbocycles. The average molecular weight is 418 g/mol. The molecule has 0 amide bonds. The lowest BCUT2D eigenvalue weighted by atomic mass is 10.3. The third-order valence-corrected chi connectivity index (χ3v) is 6.42. The summed E-state index contributed by atoms with van der Waals surface area (Å²) in [6.07, 6.45) is 1.61. The standard InChI is InChI=1S/C19H27N5O4Si/c1-22-17-16(18(26)23(19(22)27)11-14-7-5-6-8-20-14)24(15(12-25)21-17)13-28-9-10-29(2,3)4/h5-8,25H,9-13H2,1-4H3. The predicted molar refractivity (Wildman–Crippen MR) is 113 cm³/mol. The van der Waals surface area contributed by atoms with E-state index in [1.54, 1.807) is 36.0 Å². The molecule has 0 bridgehead atoms. The van der Waals surface area contributed by atoms with Crippen LogP contribution in [0.3, 0.4) is 0 Å². The van der Waals surface area contributed by atoms with Gasteiger partial charge in [0.05, 0.1) is 12.2 Å². The molecule has 0 radical (unpaired) electrons. The number of imidazole rings is 1. The van der Waals surface area contributed by atoms with Gasteiger partial charge in [-0.3, -0.25) is 23.5 Å². The van der Waals surface area contributed by atoms with Gasteiger partial charge in [0.15, 0.2) is 11.2 Å². The van der Waals surface area contributed by atoms with Crippen molar-refractivity contribution in [1.82, 2.24) is 23.7 Å². The Morgan fingerprint density at radius 2 is 1.93 bits per heavy atom. The summed E-state index contributed by atoms with van der Waals surface area (Å²) in [7, 11) is 0.307. The van der Waals surface area contributed by atoms with Crippen LogP contribution in [0, 0.1) is 0 Å². The predicted octanol–water partition coefficient (Wildman–Crippen LogP) is 1.14. The lowest BCUT2D eigenvalue weighted by Crippen LogP contribution is -2.40. The minimum Gasteiger partial charge on any atom is -0.388 e. The van der Waals surface area contributed by atoms with Gasteiger partial charge in [0.1, 0.15) is 19.2 Å². The Bertz CT molecular complexity index is 1110. The third kappa shape index (κ3) is 4.55. The van der Waals surface area contributed by atoms with Crippen LogP contribution in [0.5, 0.6) is 0 Å². The Balaban J connectivity index is 2.04. The van der Waals surface area contributed by atoms with E-state index in [0.717, 1.165) is 10.6 Å². The molecule has 0 spiro atoms. The molecule has 156 valence electrons. The van der Waals surface area contributed by atoms with Crippen LogP contribution < -0.4 is 11.2 Å². The molecule has 1 N–H and O–H groups in total. The normalized spacial score (nSPS) is 12.0. The van der Waals surface area contributed by atoms with Gasteiger partial charge in [-0.15, -0.1) is 0 Å². The molecule has 0 unspecified atom stereocenters. The van der Waals surface area contributed by atoms with Crippen LogP contribution in [0.1, 0.15) is 11.5 Å². The molecule has 0 fully saturated rings. The van der Waals surface area contributed by atoms with Gasteiger partial charge in [-0.25, -0.2) is 9.78 Å². The summed E-state index contributed by atoms with van der Waals surface area (Å²) in [4.78, 5) is 34.4. The molecule has 3 heterocycles. The van der Waals surface area contributed by atoms with Crippen molar-refractivity contribution in [2.45, 2.75) is 45.6 Å². The van der Waals surface area contributed by atoms with Crippen molar-refractivity contribution in [2.24, 2.45) is 7.05 Å². The first-order chi connectivity index (χ1) is 13.7. The second kappa shape index (κ2) is 8.43. The van der Waals surface area contributed by atoms with Gasteiger partial charge in [0.25, 0.3) is 5.56 Å². The molecular weight excluding hydrogens is 390 g/mol. The molecular formula is C19H27N5O4Si. The zero-order valence-electron chi connectivity index (χ0n) is 17.3. The molecule has 0 aliphatic rings. The number of hydrogen-bond acceptors (Lipinski definition) is 6. The zero-order valence-corrected chi connectivity index (χ0v) is 18.3. The van der Waals surface area contributed by atoms with Crippen molar-refractivity contribution in [3.05, 3.63) is 56.8 Å². The number of aliphatic hydroxyl groups is 1. The van der Waals surface area contributed by atoms with E-state index < -0.39 is 19.3 Å². The Kier molecular flexibility index (Phi) is 6.15. The SMILES string of the molecule is Cn1c(=O)n(Cc2ccccn2)c(=O)c2c1nc(CO)n2COCC[Si](C)(C)C. The quantitative estimate of drug-likeness (QED) is 0.435. The highest BCUT2D eigenvalue weighted by atomic mass is 28.3. The fourth-order valence-corrected chi connectivity index (χ4v) is 3.76. The van der Waals surface area contributed by atoms with Gasteiger partial charge in [-0.2, -0.15) is 0 Å². The van der Waals surface area contributed by atoms with Crippen LogP contribution in [0.15, 0.2) is 34.0 Å². The summed E-state index contributed by atoms with van der Waals surface area (Å²) < 4.78 is 9.79. The summed E-state index contributed by atoms with van der Waals surface area (Å²) in [5.74, 6) is 0.288. The highest BCUT2D eigenvalue weighted by Gasteiger charge is 2.20. The Labute approximate surface area is 169 Å². The summed E-state index contributed by atoms with van der Waals surface area (Å²) in [6, 6.07) is 6.31. The molecule has 3 aromatic heterocycles. The van der Waals surface area contributed by atoms with Crippen LogP contribution in [0.4, 0.5) is 0 Å². The molecule has 10 heteroatoms. The highest BCUT2D eigenvalue weighted by molar-refractivity contribution is 6.76. The molecule has 3 rings (SSSR count). The van der Waals surface area contributed by atoms with Crippen molar-refractivity contribution in [2.75, 3.05) is 6.61 Å². The van der Waals surface area contributed by atoms with E-state index in [2.05, 4.69) is 29.6 Å². The van der Waals surface area contributed by atoms with Crippen molar-refractivity contribution in [3.8, 4) is 0 Å². The van der Waals surface area contributed by atoms with Crippen molar-refractivity contribution in [3.63, 3.8) is 0 Å². The molecule has 0 aromatic carbocycles. The first-order valence-corrected chi connectivity index (χ1v) is 13.2. The summed E-state index contributed by atoms with van der Waals surface area (Å²) in [6.45, 7) is 7.12. The maximum absolute atomic E-state index is 13.2. The first-order valence-electron chi connectivity index (χ1n) is 9.50. The van der Waals surface area contributed by atoms with E-state index in [-0.39, 0.29) is 36.9 Å². The second-order valence-electron chi connectivity index (χ2n) is 8.19. The van der Waals surface area contributed by atoms with Crippen LogP contribution >= 0.6 is 0 Å². The van der Waals surface area contributed by atoms with Gasteiger partial charge in [0, 0.05) is 27.9 Å². The minimum atomic E-state index is -1.25. The van der Waals surface area contributed by atoms with E-state index in [9.17, 15) is 14.7 Å². The maximum atomic E-state index is 13.2. The number of fused-ring (bicyclic) bond motifs is 1. The molecule has 0 saturated heterocycles. The summed E-state index contributed by atoms with van der Waals surface area (Å²) in [5.41, 5.74) is 0.109. The number of pyridine rings is 1.